The number of carbonyl (C=O) groups is 1. The normalized spacial score (nSPS) is 10.2. The summed E-state index contributed by atoms with van der Waals surface area (Å²) in [5, 5.41) is 11.4. The quantitative estimate of drug-likeness (QED) is 0.290. The van der Waals surface area contributed by atoms with Gasteiger partial charge in [0.1, 0.15) is 29.5 Å². The second-order valence-corrected chi connectivity index (χ2v) is 7.03. The average Bonchev–Trinajstić information content (AvgIpc) is 2.86. The van der Waals surface area contributed by atoms with Gasteiger partial charge in [-0.3, -0.25) is 4.79 Å². The molecule has 35 heavy (non-hydrogen) atoms. The molecule has 2 heterocycles. The van der Waals surface area contributed by atoms with Gasteiger partial charge in [0.2, 0.25) is 11.8 Å². The van der Waals surface area contributed by atoms with Crippen LogP contribution in [0, 0.1) is 17.1 Å². The second-order valence-electron chi connectivity index (χ2n) is 7.03. The van der Waals surface area contributed by atoms with Crippen molar-refractivity contribution in [1.29, 1.82) is 5.26 Å². The first kappa shape index (κ1) is 22.9. The lowest BCUT2D eigenvalue weighted by Gasteiger charge is -2.13. The zero-order chi connectivity index (χ0) is 24.8. The SMILES string of the molecule is C=C(C#N)C(=O)Nc1cccc(Oc2ncnc(N)c2-c2ccc(Oc3ccccc3F)nc2)c1. The lowest BCUT2D eigenvalue weighted by Crippen LogP contribution is -2.12. The maximum absolute atomic E-state index is 13.8. The Hall–Kier alpha value is -5.30. The molecular weight excluding hydrogens is 451 g/mol. The molecule has 10 heteroatoms. The summed E-state index contributed by atoms with van der Waals surface area (Å²) in [7, 11) is 0. The molecule has 172 valence electrons. The topological polar surface area (TPSA) is 136 Å². The highest BCUT2D eigenvalue weighted by Crippen LogP contribution is 2.36. The van der Waals surface area contributed by atoms with E-state index in [0.717, 1.165) is 0 Å². The monoisotopic (exact) mass is 468 g/mol. The Kier molecular flexibility index (Phi) is 6.60. The van der Waals surface area contributed by atoms with Crippen molar-refractivity contribution >= 4 is 17.4 Å². The molecule has 0 aliphatic rings. The van der Waals surface area contributed by atoms with Gasteiger partial charge in [0.15, 0.2) is 11.6 Å². The predicted molar refractivity (Wildman–Crippen MR) is 126 cm³/mol. The van der Waals surface area contributed by atoms with Crippen LogP contribution >= 0.6 is 0 Å². The molecule has 4 aromatic rings. The van der Waals surface area contributed by atoms with E-state index in [-0.39, 0.29) is 28.9 Å². The molecule has 0 unspecified atom stereocenters. The Bertz CT molecular complexity index is 1450. The van der Waals surface area contributed by atoms with Crippen molar-refractivity contribution in [3.63, 3.8) is 0 Å². The molecule has 0 spiro atoms. The maximum atomic E-state index is 13.8. The van der Waals surface area contributed by atoms with Gasteiger partial charge in [-0.15, -0.1) is 0 Å². The largest absolute Gasteiger partial charge is 0.438 e. The lowest BCUT2D eigenvalue weighted by atomic mass is 10.1. The molecule has 0 atom stereocenters. The summed E-state index contributed by atoms with van der Waals surface area (Å²) in [4.78, 5) is 24.3. The molecular formula is C25H17FN6O3. The number of rotatable bonds is 7. The summed E-state index contributed by atoms with van der Waals surface area (Å²) in [6.45, 7) is 3.38. The summed E-state index contributed by atoms with van der Waals surface area (Å²) in [6, 6.07) is 17.4. The molecule has 9 nitrogen and oxygen atoms in total. The number of nitrogens with one attached hydrogen (secondary N) is 1. The van der Waals surface area contributed by atoms with Crippen LogP contribution in [0.3, 0.4) is 0 Å². The fourth-order valence-electron chi connectivity index (χ4n) is 2.97. The van der Waals surface area contributed by atoms with E-state index in [0.29, 0.717) is 22.6 Å². The van der Waals surface area contributed by atoms with Crippen LogP contribution in [-0.2, 0) is 4.79 Å². The second kappa shape index (κ2) is 10.1. The minimum Gasteiger partial charge on any atom is -0.438 e. The number of pyridine rings is 1. The summed E-state index contributed by atoms with van der Waals surface area (Å²) in [6.07, 6.45) is 2.72. The van der Waals surface area contributed by atoms with Gasteiger partial charge >= 0.3 is 0 Å². The van der Waals surface area contributed by atoms with Crippen LogP contribution in [0.1, 0.15) is 0 Å². The van der Waals surface area contributed by atoms with Crippen LogP contribution in [0.15, 0.2) is 85.3 Å². The third-order valence-corrected chi connectivity index (χ3v) is 4.63. The Morgan fingerprint density at radius 3 is 2.63 bits per heavy atom. The number of nitriles is 1. The number of hydrogen-bond acceptors (Lipinski definition) is 8. The van der Waals surface area contributed by atoms with E-state index >= 15 is 0 Å². The van der Waals surface area contributed by atoms with Crippen LogP contribution in [0.5, 0.6) is 23.3 Å². The van der Waals surface area contributed by atoms with Crippen LogP contribution in [0.2, 0.25) is 0 Å². The third kappa shape index (κ3) is 5.37. The van der Waals surface area contributed by atoms with E-state index in [2.05, 4.69) is 26.8 Å². The van der Waals surface area contributed by atoms with Crippen molar-refractivity contribution in [2.45, 2.75) is 0 Å². The molecule has 1 amide bonds. The summed E-state index contributed by atoms with van der Waals surface area (Å²) in [5.74, 6) is -0.271. The molecule has 4 rings (SSSR count). The number of aromatic nitrogens is 3. The number of ether oxygens (including phenoxy) is 2. The van der Waals surface area contributed by atoms with E-state index in [4.69, 9.17) is 20.5 Å². The number of anilines is 2. The van der Waals surface area contributed by atoms with Crippen molar-refractivity contribution in [3.05, 3.63) is 91.2 Å². The number of carbonyl (C=O) groups excluding carboxylic acids is 1. The van der Waals surface area contributed by atoms with Crippen LogP contribution < -0.4 is 20.5 Å². The number of benzene rings is 2. The summed E-state index contributed by atoms with van der Waals surface area (Å²) >= 11 is 0. The first-order chi connectivity index (χ1) is 16.9. The van der Waals surface area contributed by atoms with Gasteiger partial charge in [-0.25, -0.2) is 19.3 Å². The molecule has 3 N–H and O–H groups in total. The predicted octanol–water partition coefficient (Wildman–Crippen LogP) is 4.86. The highest BCUT2D eigenvalue weighted by molar-refractivity contribution is 6.06. The van der Waals surface area contributed by atoms with Gasteiger partial charge in [0, 0.05) is 29.6 Å². The van der Waals surface area contributed by atoms with Gasteiger partial charge in [0.25, 0.3) is 5.91 Å². The van der Waals surface area contributed by atoms with E-state index in [1.54, 1.807) is 54.6 Å². The van der Waals surface area contributed by atoms with Crippen molar-refractivity contribution < 1.29 is 18.7 Å². The smallest absolute Gasteiger partial charge is 0.265 e. The Balaban J connectivity index is 1.58. The Labute approximate surface area is 199 Å². The number of nitrogens with zero attached hydrogens (tertiary/aromatic N) is 4. The van der Waals surface area contributed by atoms with Crippen molar-refractivity contribution in [3.8, 4) is 40.5 Å². The minimum atomic E-state index is -0.625. The Morgan fingerprint density at radius 1 is 1.06 bits per heavy atom. The van der Waals surface area contributed by atoms with Gasteiger partial charge in [-0.1, -0.05) is 24.8 Å². The van der Waals surface area contributed by atoms with E-state index < -0.39 is 11.7 Å². The number of nitrogens with two attached hydrogens (primary N) is 1. The van der Waals surface area contributed by atoms with E-state index in [1.807, 2.05) is 0 Å². The van der Waals surface area contributed by atoms with Crippen molar-refractivity contribution in [1.82, 2.24) is 15.0 Å². The first-order valence-electron chi connectivity index (χ1n) is 10.1. The minimum absolute atomic E-state index is 0.0460. The molecule has 0 saturated carbocycles. The zero-order valence-corrected chi connectivity index (χ0v) is 18.1. The molecule has 2 aromatic heterocycles. The zero-order valence-electron chi connectivity index (χ0n) is 18.1. The molecule has 0 fully saturated rings. The third-order valence-electron chi connectivity index (χ3n) is 4.63. The van der Waals surface area contributed by atoms with Gasteiger partial charge < -0.3 is 20.5 Å². The van der Waals surface area contributed by atoms with Crippen molar-refractivity contribution in [2.75, 3.05) is 11.1 Å². The number of hydrogen-bond donors (Lipinski definition) is 2. The number of amides is 1. The standard InChI is InChI=1S/C25H17FN6O3/c1-15(12-27)24(33)32-17-5-4-6-18(11-17)34-25-22(23(28)30-14-31-25)16-9-10-21(29-13-16)35-20-8-3-2-7-19(20)26/h2-11,13-14H,1H2,(H,32,33)(H2,28,30,31). The van der Waals surface area contributed by atoms with Crippen LogP contribution in [0.4, 0.5) is 15.9 Å². The highest BCUT2D eigenvalue weighted by atomic mass is 19.1. The lowest BCUT2D eigenvalue weighted by molar-refractivity contribution is -0.112. The van der Waals surface area contributed by atoms with Crippen LogP contribution in [0.25, 0.3) is 11.1 Å². The number of nitrogen functional groups attached to an aromatic ring is 1. The summed E-state index contributed by atoms with van der Waals surface area (Å²) < 4.78 is 25.2. The van der Waals surface area contributed by atoms with Crippen molar-refractivity contribution in [2.24, 2.45) is 0 Å². The van der Waals surface area contributed by atoms with E-state index in [1.165, 1.54) is 24.7 Å². The average molecular weight is 468 g/mol. The highest BCUT2D eigenvalue weighted by Gasteiger charge is 2.16. The molecule has 0 aliphatic heterocycles. The van der Waals surface area contributed by atoms with E-state index in [9.17, 15) is 9.18 Å². The molecule has 0 bridgehead atoms. The number of para-hydroxylation sites is 1. The first-order valence-corrected chi connectivity index (χ1v) is 10.1. The fourth-order valence-corrected chi connectivity index (χ4v) is 2.97. The molecule has 0 aliphatic carbocycles. The maximum Gasteiger partial charge on any atom is 0.265 e. The summed E-state index contributed by atoms with van der Waals surface area (Å²) in [5.41, 5.74) is 7.18. The van der Waals surface area contributed by atoms with Gasteiger partial charge in [-0.05, 0) is 30.3 Å². The van der Waals surface area contributed by atoms with Crippen LogP contribution in [-0.4, -0.2) is 20.9 Å². The van der Waals surface area contributed by atoms with Gasteiger partial charge in [0.05, 0.1) is 5.56 Å². The molecule has 2 aromatic carbocycles. The van der Waals surface area contributed by atoms with Gasteiger partial charge in [-0.2, -0.15) is 5.26 Å². The molecule has 0 radical (unpaired) electrons. The Morgan fingerprint density at radius 2 is 1.89 bits per heavy atom. The number of halogens is 1. The molecule has 0 saturated heterocycles. The fraction of sp³-hybridized carbons (Fsp3) is 0.